The van der Waals surface area contributed by atoms with E-state index in [0.717, 1.165) is 74.9 Å². The van der Waals surface area contributed by atoms with E-state index < -0.39 is 0 Å². The molecule has 5 nitrogen and oxygen atoms in total. The van der Waals surface area contributed by atoms with E-state index in [9.17, 15) is 4.79 Å². The van der Waals surface area contributed by atoms with Crippen LogP contribution in [0, 0.1) is 5.92 Å². The van der Waals surface area contributed by atoms with Crippen molar-refractivity contribution in [3.63, 3.8) is 0 Å². The van der Waals surface area contributed by atoms with Gasteiger partial charge in [0.05, 0.1) is 12.3 Å². The molecule has 1 aromatic rings. The van der Waals surface area contributed by atoms with E-state index in [1.54, 1.807) is 0 Å². The second-order valence-corrected chi connectivity index (χ2v) is 8.95. The van der Waals surface area contributed by atoms with Gasteiger partial charge in [0.1, 0.15) is 11.5 Å². The summed E-state index contributed by atoms with van der Waals surface area (Å²) in [7, 11) is 4.10. The Hall–Kier alpha value is -0.980. The van der Waals surface area contributed by atoms with Gasteiger partial charge in [-0.2, -0.15) is 11.8 Å². The van der Waals surface area contributed by atoms with Gasteiger partial charge in [0.25, 0.3) is 0 Å². The van der Waals surface area contributed by atoms with Gasteiger partial charge >= 0.3 is 0 Å². The number of nitrogens with zero attached hydrogens (tertiary/aromatic N) is 2. The molecular formula is C20H33N3O2S. The molecule has 3 rings (SSSR count). The van der Waals surface area contributed by atoms with Crippen molar-refractivity contribution in [1.82, 2.24) is 15.1 Å². The zero-order valence-electron chi connectivity index (χ0n) is 16.2. The van der Waals surface area contributed by atoms with Crippen LogP contribution in [0.2, 0.25) is 0 Å². The van der Waals surface area contributed by atoms with Crippen molar-refractivity contribution in [2.45, 2.75) is 50.4 Å². The number of thioether (sulfide) groups is 1. The molecule has 1 amide bonds. The van der Waals surface area contributed by atoms with E-state index in [4.69, 9.17) is 4.42 Å². The van der Waals surface area contributed by atoms with Crippen LogP contribution in [-0.4, -0.2) is 61.2 Å². The number of amides is 1. The van der Waals surface area contributed by atoms with Crippen molar-refractivity contribution in [1.29, 1.82) is 0 Å². The molecule has 0 bridgehead atoms. The summed E-state index contributed by atoms with van der Waals surface area (Å²) in [5, 5.41) is 3.66. The minimum absolute atomic E-state index is 0.343. The highest BCUT2D eigenvalue weighted by atomic mass is 32.2. The van der Waals surface area contributed by atoms with E-state index in [1.165, 1.54) is 6.42 Å². The second kappa shape index (κ2) is 9.81. The van der Waals surface area contributed by atoms with Crippen LogP contribution in [0.25, 0.3) is 0 Å². The number of piperidine rings is 1. The Morgan fingerprint density at radius 3 is 2.62 bits per heavy atom. The van der Waals surface area contributed by atoms with Crippen LogP contribution < -0.4 is 5.32 Å². The van der Waals surface area contributed by atoms with Gasteiger partial charge in [0.15, 0.2) is 0 Å². The summed E-state index contributed by atoms with van der Waals surface area (Å²) in [4.78, 5) is 16.5. The minimum Gasteiger partial charge on any atom is -0.464 e. The average molecular weight is 380 g/mol. The second-order valence-electron chi connectivity index (χ2n) is 7.84. The molecule has 2 heterocycles. The van der Waals surface area contributed by atoms with E-state index in [2.05, 4.69) is 41.3 Å². The molecule has 1 saturated carbocycles. The highest BCUT2D eigenvalue weighted by Gasteiger charge is 2.31. The molecule has 1 saturated heterocycles. The molecule has 1 aliphatic heterocycles. The van der Waals surface area contributed by atoms with Crippen LogP contribution >= 0.6 is 11.8 Å². The van der Waals surface area contributed by atoms with Crippen LogP contribution in [0.15, 0.2) is 16.5 Å². The van der Waals surface area contributed by atoms with E-state index in [-0.39, 0.29) is 0 Å². The summed E-state index contributed by atoms with van der Waals surface area (Å²) in [5.41, 5.74) is 0. The molecular weight excluding hydrogens is 346 g/mol. The smallest absolute Gasteiger partial charge is 0.225 e. The largest absolute Gasteiger partial charge is 0.464 e. The summed E-state index contributed by atoms with van der Waals surface area (Å²) in [6.45, 7) is 3.74. The Bertz CT molecular complexity index is 563. The van der Waals surface area contributed by atoms with Gasteiger partial charge < -0.3 is 19.5 Å². The maximum atomic E-state index is 12.3. The number of carbonyl (C=O) groups is 1. The molecule has 2 fully saturated rings. The SMILES string of the molecule is CN(C)Cc1ccc(CSCCNC2CCN(C(=O)C3CCC3)CC2)o1. The van der Waals surface area contributed by atoms with Gasteiger partial charge in [0.2, 0.25) is 5.91 Å². The van der Waals surface area contributed by atoms with Crippen LogP contribution in [-0.2, 0) is 17.1 Å². The lowest BCUT2D eigenvalue weighted by Gasteiger charge is -2.36. The molecule has 1 aromatic heterocycles. The van der Waals surface area contributed by atoms with Gasteiger partial charge in [-0.3, -0.25) is 4.79 Å². The van der Waals surface area contributed by atoms with Gasteiger partial charge in [0, 0.05) is 37.3 Å². The molecule has 1 aliphatic carbocycles. The highest BCUT2D eigenvalue weighted by molar-refractivity contribution is 7.98. The van der Waals surface area contributed by atoms with Crippen molar-refractivity contribution < 1.29 is 9.21 Å². The standard InChI is InChI=1S/C20H33N3O2S/c1-22(2)14-18-6-7-19(25-18)15-26-13-10-21-17-8-11-23(12-9-17)20(24)16-4-3-5-16/h6-7,16-17,21H,3-5,8-15H2,1-2H3. The topological polar surface area (TPSA) is 48.7 Å². The summed E-state index contributed by atoms with van der Waals surface area (Å²) in [5.74, 6) is 4.88. The first-order valence-electron chi connectivity index (χ1n) is 9.94. The summed E-state index contributed by atoms with van der Waals surface area (Å²) < 4.78 is 5.84. The molecule has 2 aliphatic rings. The number of carbonyl (C=O) groups excluding carboxylic acids is 1. The van der Waals surface area contributed by atoms with Crippen LogP contribution in [0.4, 0.5) is 0 Å². The van der Waals surface area contributed by atoms with Crippen molar-refractivity contribution in [2.75, 3.05) is 39.5 Å². The third kappa shape index (κ3) is 5.76. The first kappa shape index (κ1) is 19.8. The summed E-state index contributed by atoms with van der Waals surface area (Å²) in [6, 6.07) is 4.73. The van der Waals surface area contributed by atoms with Crippen molar-refractivity contribution >= 4 is 17.7 Å². The van der Waals surface area contributed by atoms with Crippen LogP contribution in [0.5, 0.6) is 0 Å². The number of furan rings is 1. The molecule has 1 N–H and O–H groups in total. The van der Waals surface area contributed by atoms with Crippen molar-refractivity contribution in [3.05, 3.63) is 23.7 Å². The Kier molecular flexibility index (Phi) is 7.46. The molecule has 0 aromatic carbocycles. The van der Waals surface area contributed by atoms with Gasteiger partial charge in [-0.25, -0.2) is 0 Å². The maximum Gasteiger partial charge on any atom is 0.225 e. The van der Waals surface area contributed by atoms with Crippen LogP contribution in [0.3, 0.4) is 0 Å². The summed E-state index contributed by atoms with van der Waals surface area (Å²) in [6.07, 6.45) is 5.65. The fourth-order valence-corrected chi connectivity index (χ4v) is 4.38. The first-order valence-corrected chi connectivity index (χ1v) is 11.1. The van der Waals surface area contributed by atoms with E-state index >= 15 is 0 Å². The minimum atomic E-state index is 0.343. The fraction of sp³-hybridized carbons (Fsp3) is 0.750. The fourth-order valence-electron chi connectivity index (χ4n) is 3.62. The van der Waals surface area contributed by atoms with Gasteiger partial charge in [-0.15, -0.1) is 0 Å². The third-order valence-corrected chi connectivity index (χ3v) is 6.36. The summed E-state index contributed by atoms with van der Waals surface area (Å²) >= 11 is 1.91. The Labute approximate surface area is 161 Å². The number of likely N-dealkylation sites (tertiary alicyclic amines) is 1. The monoisotopic (exact) mass is 379 g/mol. The predicted molar refractivity (Wildman–Crippen MR) is 107 cm³/mol. The molecule has 0 radical (unpaired) electrons. The van der Waals surface area contributed by atoms with E-state index in [1.807, 2.05) is 11.8 Å². The Morgan fingerprint density at radius 2 is 1.96 bits per heavy atom. The lowest BCUT2D eigenvalue weighted by Crippen LogP contribution is -2.48. The zero-order chi connectivity index (χ0) is 18.4. The van der Waals surface area contributed by atoms with Gasteiger partial charge in [-0.1, -0.05) is 6.42 Å². The molecule has 6 heteroatoms. The Balaban J connectivity index is 1.24. The zero-order valence-corrected chi connectivity index (χ0v) is 17.0. The number of nitrogens with one attached hydrogen (secondary N) is 1. The molecule has 146 valence electrons. The lowest BCUT2D eigenvalue weighted by atomic mass is 9.84. The maximum absolute atomic E-state index is 12.3. The third-order valence-electron chi connectivity index (χ3n) is 5.37. The molecule has 26 heavy (non-hydrogen) atoms. The van der Waals surface area contributed by atoms with Crippen molar-refractivity contribution in [2.24, 2.45) is 5.92 Å². The quantitative estimate of drug-likeness (QED) is 0.669. The number of hydrogen-bond acceptors (Lipinski definition) is 5. The number of hydrogen-bond donors (Lipinski definition) is 1. The highest BCUT2D eigenvalue weighted by Crippen LogP contribution is 2.29. The Morgan fingerprint density at radius 1 is 1.23 bits per heavy atom. The van der Waals surface area contributed by atoms with Gasteiger partial charge in [-0.05, 0) is 51.9 Å². The first-order chi connectivity index (χ1) is 12.6. The lowest BCUT2D eigenvalue weighted by molar-refractivity contribution is -0.139. The van der Waals surface area contributed by atoms with E-state index in [0.29, 0.717) is 17.9 Å². The van der Waals surface area contributed by atoms with Crippen LogP contribution in [0.1, 0.15) is 43.6 Å². The number of rotatable bonds is 9. The molecule has 0 spiro atoms. The molecule has 0 unspecified atom stereocenters. The predicted octanol–water partition coefficient (Wildman–Crippen LogP) is 2.96. The van der Waals surface area contributed by atoms with Crippen molar-refractivity contribution in [3.8, 4) is 0 Å². The normalized spacial score (nSPS) is 19.1. The average Bonchev–Trinajstić information content (AvgIpc) is 3.00. The molecule has 0 atom stereocenters.